The topological polar surface area (TPSA) is 9.23 Å². The van der Waals surface area contributed by atoms with Crippen LogP contribution in [0, 0.1) is 11.7 Å². The van der Waals surface area contributed by atoms with Crippen LogP contribution in [0.1, 0.15) is 75.8 Å². The Morgan fingerprint density at radius 3 is 2.33 bits per heavy atom. The van der Waals surface area contributed by atoms with Gasteiger partial charge in [0, 0.05) is 11.5 Å². The Balaban J connectivity index is 1.75. The van der Waals surface area contributed by atoms with Gasteiger partial charge in [-0.3, -0.25) is 0 Å². The zero-order valence-electron chi connectivity index (χ0n) is 17.8. The van der Waals surface area contributed by atoms with Crippen LogP contribution in [0.2, 0.25) is 0 Å². The molecule has 1 aliphatic carbocycles. The van der Waals surface area contributed by atoms with Crippen LogP contribution >= 0.6 is 0 Å². The number of rotatable bonds is 9. The smallest absolute Gasteiger partial charge is 0.270 e. The Kier molecular flexibility index (Phi) is 8.01. The van der Waals surface area contributed by atoms with Crippen LogP contribution in [0.5, 0.6) is 5.75 Å². The maximum absolute atomic E-state index is 14.8. The maximum atomic E-state index is 14.8. The Bertz CT molecular complexity index is 842. The van der Waals surface area contributed by atoms with E-state index in [9.17, 15) is 13.2 Å². The van der Waals surface area contributed by atoms with Crippen molar-refractivity contribution >= 4 is 0 Å². The summed E-state index contributed by atoms with van der Waals surface area (Å²) in [6.45, 7) is 4.12. The summed E-state index contributed by atoms with van der Waals surface area (Å²) in [5.74, 6) is 0.0449. The maximum Gasteiger partial charge on any atom is 0.270 e. The van der Waals surface area contributed by atoms with Crippen LogP contribution in [0.3, 0.4) is 0 Å². The molecule has 0 saturated heterocycles. The summed E-state index contributed by atoms with van der Waals surface area (Å²) in [6, 6.07) is 10.6. The summed E-state index contributed by atoms with van der Waals surface area (Å²) >= 11 is 0. The summed E-state index contributed by atoms with van der Waals surface area (Å²) in [5.41, 5.74) is 1.29. The van der Waals surface area contributed by atoms with Crippen molar-refractivity contribution in [3.63, 3.8) is 0 Å². The number of allylic oxidation sites excluding steroid dienone is 2. The number of hydrogen-bond donors (Lipinski definition) is 0. The predicted octanol–water partition coefficient (Wildman–Crippen LogP) is 8.46. The molecule has 0 aromatic heterocycles. The summed E-state index contributed by atoms with van der Waals surface area (Å²) in [6.07, 6.45) is 9.11. The number of halogens is 3. The van der Waals surface area contributed by atoms with E-state index in [-0.39, 0.29) is 17.9 Å². The highest BCUT2D eigenvalue weighted by atomic mass is 19.3. The molecule has 1 aliphatic rings. The lowest BCUT2D eigenvalue weighted by Gasteiger charge is -2.23. The van der Waals surface area contributed by atoms with E-state index in [4.69, 9.17) is 4.74 Å². The molecule has 30 heavy (non-hydrogen) atoms. The third-order valence-corrected chi connectivity index (χ3v) is 5.95. The quantitative estimate of drug-likeness (QED) is 0.294. The Morgan fingerprint density at radius 1 is 0.967 bits per heavy atom. The van der Waals surface area contributed by atoms with E-state index in [0.717, 1.165) is 6.42 Å². The van der Waals surface area contributed by atoms with Gasteiger partial charge in [-0.25, -0.2) is 13.2 Å². The van der Waals surface area contributed by atoms with Gasteiger partial charge in [0.25, 0.3) is 6.43 Å². The van der Waals surface area contributed by atoms with E-state index in [2.05, 4.69) is 19.1 Å². The van der Waals surface area contributed by atoms with Gasteiger partial charge in [-0.2, -0.15) is 0 Å². The standard InChI is InChI=1S/C26H31F3O/c1-3-5-6-7-18-8-10-19(11-9-18)20-12-14-21(15-13-20)22-16-17-23(30-4-2)24(25(22)27)26(28)29/h8,10,12-19,26H,3-7,9,11H2,1-2H3. The molecule has 2 aromatic rings. The average molecular weight is 417 g/mol. The zero-order chi connectivity index (χ0) is 21.5. The first-order chi connectivity index (χ1) is 14.5. The second-order valence-electron chi connectivity index (χ2n) is 8.02. The summed E-state index contributed by atoms with van der Waals surface area (Å²) < 4.78 is 46.9. The molecule has 2 atom stereocenters. The number of benzene rings is 2. The summed E-state index contributed by atoms with van der Waals surface area (Å²) in [7, 11) is 0. The van der Waals surface area contributed by atoms with Gasteiger partial charge in [-0.05, 0) is 55.4 Å². The highest BCUT2D eigenvalue weighted by Gasteiger charge is 2.23. The molecule has 0 saturated carbocycles. The van der Waals surface area contributed by atoms with E-state index >= 15 is 0 Å². The first kappa shape index (κ1) is 22.5. The minimum Gasteiger partial charge on any atom is -0.493 e. The van der Waals surface area contributed by atoms with E-state index in [1.54, 1.807) is 6.92 Å². The molecular weight excluding hydrogens is 385 g/mol. The first-order valence-electron chi connectivity index (χ1n) is 11.1. The van der Waals surface area contributed by atoms with Crippen molar-refractivity contribution in [3.8, 4) is 16.9 Å². The Hall–Kier alpha value is -2.23. The molecular formula is C26H31F3O. The van der Waals surface area contributed by atoms with Crippen molar-refractivity contribution in [1.82, 2.24) is 0 Å². The predicted molar refractivity (Wildman–Crippen MR) is 117 cm³/mol. The number of alkyl halides is 2. The SMILES string of the molecule is CCCCCC1C=CC(c2ccc(-c3ccc(OCC)c(C(F)F)c3F)cc2)CC1. The molecule has 0 radical (unpaired) electrons. The van der Waals surface area contributed by atoms with Crippen molar-refractivity contribution in [3.05, 3.63) is 65.5 Å². The molecule has 0 bridgehead atoms. The molecule has 2 aromatic carbocycles. The van der Waals surface area contributed by atoms with Crippen LogP contribution < -0.4 is 4.74 Å². The molecule has 0 aliphatic heterocycles. The van der Waals surface area contributed by atoms with Gasteiger partial charge in [0.05, 0.1) is 12.2 Å². The van der Waals surface area contributed by atoms with Crippen LogP contribution in [0.15, 0.2) is 48.6 Å². The van der Waals surface area contributed by atoms with E-state index in [1.165, 1.54) is 49.8 Å². The van der Waals surface area contributed by atoms with Gasteiger partial charge in [0.2, 0.25) is 0 Å². The van der Waals surface area contributed by atoms with E-state index in [1.807, 2.05) is 24.3 Å². The Labute approximate surface area is 178 Å². The van der Waals surface area contributed by atoms with Gasteiger partial charge in [0.1, 0.15) is 11.6 Å². The van der Waals surface area contributed by atoms with Crippen LogP contribution in [0.4, 0.5) is 13.2 Å². The van der Waals surface area contributed by atoms with E-state index in [0.29, 0.717) is 17.4 Å². The van der Waals surface area contributed by atoms with Crippen molar-refractivity contribution in [2.75, 3.05) is 6.61 Å². The second kappa shape index (κ2) is 10.7. The zero-order valence-corrected chi connectivity index (χ0v) is 17.8. The van der Waals surface area contributed by atoms with Crippen LogP contribution in [-0.2, 0) is 0 Å². The van der Waals surface area contributed by atoms with Crippen molar-refractivity contribution in [1.29, 1.82) is 0 Å². The van der Waals surface area contributed by atoms with Crippen molar-refractivity contribution < 1.29 is 17.9 Å². The molecule has 2 unspecified atom stereocenters. The lowest BCUT2D eigenvalue weighted by Crippen LogP contribution is -2.07. The molecule has 4 heteroatoms. The molecule has 1 nitrogen and oxygen atoms in total. The van der Waals surface area contributed by atoms with E-state index < -0.39 is 17.8 Å². The summed E-state index contributed by atoms with van der Waals surface area (Å²) in [5, 5.41) is 0. The molecule has 3 rings (SSSR count). The van der Waals surface area contributed by atoms with Crippen LogP contribution in [0.25, 0.3) is 11.1 Å². The fourth-order valence-corrected chi connectivity index (χ4v) is 4.24. The highest BCUT2D eigenvalue weighted by Crippen LogP contribution is 2.38. The lowest BCUT2D eigenvalue weighted by molar-refractivity contribution is 0.140. The van der Waals surface area contributed by atoms with Gasteiger partial charge >= 0.3 is 0 Å². The summed E-state index contributed by atoms with van der Waals surface area (Å²) in [4.78, 5) is 0. The fourth-order valence-electron chi connectivity index (χ4n) is 4.24. The van der Waals surface area contributed by atoms with Crippen molar-refractivity contribution in [2.45, 2.75) is 64.7 Å². The Morgan fingerprint density at radius 2 is 1.73 bits per heavy atom. The molecule has 0 N–H and O–H groups in total. The van der Waals surface area contributed by atoms with Crippen LogP contribution in [-0.4, -0.2) is 6.61 Å². The lowest BCUT2D eigenvalue weighted by atomic mass is 9.82. The van der Waals surface area contributed by atoms with Gasteiger partial charge in [-0.15, -0.1) is 0 Å². The molecule has 0 spiro atoms. The minimum absolute atomic E-state index is 0.0915. The number of ether oxygens (including phenoxy) is 1. The number of hydrogen-bond acceptors (Lipinski definition) is 1. The third kappa shape index (κ3) is 5.27. The highest BCUT2D eigenvalue weighted by molar-refractivity contribution is 5.67. The molecule has 0 heterocycles. The molecule has 0 fully saturated rings. The van der Waals surface area contributed by atoms with Crippen molar-refractivity contribution in [2.24, 2.45) is 5.92 Å². The van der Waals surface area contributed by atoms with Gasteiger partial charge < -0.3 is 4.74 Å². The molecule has 162 valence electrons. The average Bonchev–Trinajstić information content (AvgIpc) is 2.75. The number of unbranched alkanes of at least 4 members (excludes halogenated alkanes) is 2. The third-order valence-electron chi connectivity index (χ3n) is 5.95. The van der Waals surface area contributed by atoms with Gasteiger partial charge in [-0.1, -0.05) is 62.6 Å². The second-order valence-corrected chi connectivity index (χ2v) is 8.02. The monoisotopic (exact) mass is 416 g/mol. The minimum atomic E-state index is -2.93. The normalized spacial score (nSPS) is 18.7. The fraction of sp³-hybridized carbons (Fsp3) is 0.462. The largest absolute Gasteiger partial charge is 0.493 e. The van der Waals surface area contributed by atoms with Gasteiger partial charge in [0.15, 0.2) is 0 Å². The first-order valence-corrected chi connectivity index (χ1v) is 11.1. The molecule has 0 amide bonds.